The molecule has 4 rings (SSSR count). The van der Waals surface area contributed by atoms with Gasteiger partial charge in [-0.2, -0.15) is 0 Å². The summed E-state index contributed by atoms with van der Waals surface area (Å²) in [6, 6.07) is 11.3. The first-order chi connectivity index (χ1) is 12.6. The van der Waals surface area contributed by atoms with Crippen LogP contribution in [0.15, 0.2) is 36.4 Å². The Hall–Kier alpha value is -2.40. The highest BCUT2D eigenvalue weighted by molar-refractivity contribution is 6.30. The van der Waals surface area contributed by atoms with Crippen molar-refractivity contribution in [2.24, 2.45) is 0 Å². The first-order valence-electron chi connectivity index (χ1n) is 8.76. The molecule has 0 spiro atoms. The maximum atomic E-state index is 12.9. The number of carbonyl (C=O) groups is 1. The standard InChI is InChI=1S/C20H20ClNO4/c1-2-22(12-13-3-5-17-18(9-13)25-8-7-24-17)20(23)19-11-14-10-15(21)4-6-16(14)26-19/h3-6,9-10,19H,2,7-8,11-12H2,1H3. The van der Waals surface area contributed by atoms with Crippen LogP contribution in [0.1, 0.15) is 18.1 Å². The summed E-state index contributed by atoms with van der Waals surface area (Å²) in [5.74, 6) is 2.20. The normalized spacial score (nSPS) is 17.4. The second-order valence-electron chi connectivity index (χ2n) is 6.39. The van der Waals surface area contributed by atoms with Gasteiger partial charge in [-0.25, -0.2) is 0 Å². The predicted octanol–water partition coefficient (Wildman–Crippen LogP) is 3.46. The molecule has 6 heteroatoms. The molecule has 1 unspecified atom stereocenters. The van der Waals surface area contributed by atoms with Crippen molar-refractivity contribution in [2.75, 3.05) is 19.8 Å². The fourth-order valence-corrected chi connectivity index (χ4v) is 3.51. The van der Waals surface area contributed by atoms with Crippen molar-refractivity contribution < 1.29 is 19.0 Å². The molecule has 0 bridgehead atoms. The zero-order valence-electron chi connectivity index (χ0n) is 14.5. The van der Waals surface area contributed by atoms with Gasteiger partial charge in [-0.3, -0.25) is 4.79 Å². The van der Waals surface area contributed by atoms with E-state index in [0.29, 0.717) is 37.7 Å². The quantitative estimate of drug-likeness (QED) is 0.823. The molecule has 0 aliphatic carbocycles. The number of fused-ring (bicyclic) bond motifs is 2. The Morgan fingerprint density at radius 3 is 2.69 bits per heavy atom. The molecule has 2 aromatic rings. The number of hydrogen-bond donors (Lipinski definition) is 0. The summed E-state index contributed by atoms with van der Waals surface area (Å²) in [5.41, 5.74) is 1.98. The zero-order chi connectivity index (χ0) is 18.1. The molecular formula is C20H20ClNO4. The lowest BCUT2D eigenvalue weighted by Gasteiger charge is -2.25. The molecule has 2 heterocycles. The number of ether oxygens (including phenoxy) is 3. The third kappa shape index (κ3) is 3.31. The van der Waals surface area contributed by atoms with Gasteiger partial charge in [-0.05, 0) is 48.4 Å². The van der Waals surface area contributed by atoms with Gasteiger partial charge in [0.05, 0.1) is 0 Å². The van der Waals surface area contributed by atoms with Gasteiger partial charge < -0.3 is 19.1 Å². The fraction of sp³-hybridized carbons (Fsp3) is 0.350. The van der Waals surface area contributed by atoms with Crippen LogP contribution in [-0.4, -0.2) is 36.7 Å². The molecule has 5 nitrogen and oxygen atoms in total. The van der Waals surface area contributed by atoms with Gasteiger partial charge in [-0.15, -0.1) is 0 Å². The van der Waals surface area contributed by atoms with E-state index in [4.69, 9.17) is 25.8 Å². The minimum Gasteiger partial charge on any atom is -0.486 e. The third-order valence-corrected chi connectivity index (χ3v) is 4.88. The van der Waals surface area contributed by atoms with Crippen LogP contribution in [0, 0.1) is 0 Å². The molecule has 136 valence electrons. The molecule has 2 aromatic carbocycles. The lowest BCUT2D eigenvalue weighted by atomic mass is 10.1. The molecule has 0 saturated carbocycles. The van der Waals surface area contributed by atoms with Crippen molar-refractivity contribution in [3.63, 3.8) is 0 Å². The van der Waals surface area contributed by atoms with E-state index >= 15 is 0 Å². The summed E-state index contributed by atoms with van der Waals surface area (Å²) in [7, 11) is 0. The first kappa shape index (κ1) is 17.0. The van der Waals surface area contributed by atoms with Gasteiger partial charge in [0.1, 0.15) is 19.0 Å². The molecule has 0 N–H and O–H groups in total. The van der Waals surface area contributed by atoms with E-state index in [1.54, 1.807) is 11.0 Å². The van der Waals surface area contributed by atoms with Crippen LogP contribution in [0.25, 0.3) is 0 Å². The minimum absolute atomic E-state index is 0.0188. The van der Waals surface area contributed by atoms with Crippen LogP contribution in [0.3, 0.4) is 0 Å². The summed E-state index contributed by atoms with van der Waals surface area (Å²) in [5, 5.41) is 0.657. The number of nitrogens with zero attached hydrogens (tertiary/aromatic N) is 1. The van der Waals surface area contributed by atoms with Gasteiger partial charge in [0, 0.05) is 24.5 Å². The van der Waals surface area contributed by atoms with Gasteiger partial charge in [-0.1, -0.05) is 17.7 Å². The summed E-state index contributed by atoms with van der Waals surface area (Å²) in [6.07, 6.45) is 0.0486. The molecule has 1 amide bonds. The monoisotopic (exact) mass is 373 g/mol. The highest BCUT2D eigenvalue weighted by atomic mass is 35.5. The van der Waals surface area contributed by atoms with Crippen molar-refractivity contribution >= 4 is 17.5 Å². The van der Waals surface area contributed by atoms with Gasteiger partial charge in [0.2, 0.25) is 0 Å². The average molecular weight is 374 g/mol. The van der Waals surface area contributed by atoms with E-state index < -0.39 is 6.10 Å². The molecule has 0 saturated heterocycles. The number of amides is 1. The SMILES string of the molecule is CCN(Cc1ccc2c(c1)OCCO2)C(=O)C1Cc2cc(Cl)ccc2O1. The first-order valence-corrected chi connectivity index (χ1v) is 9.14. The predicted molar refractivity (Wildman–Crippen MR) is 98.1 cm³/mol. The molecule has 1 atom stereocenters. The molecule has 2 aliphatic rings. The van der Waals surface area contributed by atoms with Crippen LogP contribution in [0.4, 0.5) is 0 Å². The Balaban J connectivity index is 1.47. The summed E-state index contributed by atoms with van der Waals surface area (Å²) < 4.78 is 17.0. The smallest absolute Gasteiger partial charge is 0.264 e. The molecule has 0 fully saturated rings. The Morgan fingerprint density at radius 2 is 1.88 bits per heavy atom. The van der Waals surface area contributed by atoms with E-state index in [2.05, 4.69) is 0 Å². The maximum absolute atomic E-state index is 12.9. The topological polar surface area (TPSA) is 48.0 Å². The zero-order valence-corrected chi connectivity index (χ0v) is 15.3. The highest BCUT2D eigenvalue weighted by Crippen LogP contribution is 2.33. The van der Waals surface area contributed by atoms with E-state index in [1.165, 1.54) is 0 Å². The number of halogens is 1. The third-order valence-electron chi connectivity index (χ3n) is 4.65. The lowest BCUT2D eigenvalue weighted by Crippen LogP contribution is -2.40. The van der Waals surface area contributed by atoms with Crippen molar-refractivity contribution in [1.82, 2.24) is 4.90 Å². The Morgan fingerprint density at radius 1 is 1.12 bits per heavy atom. The number of benzene rings is 2. The summed E-state index contributed by atoms with van der Waals surface area (Å²) >= 11 is 6.03. The molecule has 0 aromatic heterocycles. The lowest BCUT2D eigenvalue weighted by molar-refractivity contribution is -0.138. The minimum atomic E-state index is -0.499. The Labute approximate surface area is 157 Å². The number of likely N-dealkylation sites (N-methyl/N-ethyl adjacent to an activating group) is 1. The van der Waals surface area contributed by atoms with Crippen LogP contribution in [0.2, 0.25) is 5.02 Å². The average Bonchev–Trinajstić information content (AvgIpc) is 3.08. The van der Waals surface area contributed by atoms with Crippen molar-refractivity contribution in [1.29, 1.82) is 0 Å². The van der Waals surface area contributed by atoms with Crippen LogP contribution in [0.5, 0.6) is 17.2 Å². The van der Waals surface area contributed by atoms with Crippen LogP contribution >= 0.6 is 11.6 Å². The fourth-order valence-electron chi connectivity index (χ4n) is 3.31. The van der Waals surface area contributed by atoms with Crippen LogP contribution in [-0.2, 0) is 17.8 Å². The van der Waals surface area contributed by atoms with Crippen molar-refractivity contribution in [2.45, 2.75) is 26.0 Å². The second kappa shape index (κ2) is 7.08. The highest BCUT2D eigenvalue weighted by Gasteiger charge is 2.32. The van der Waals surface area contributed by atoms with Gasteiger partial charge >= 0.3 is 0 Å². The molecular weight excluding hydrogens is 354 g/mol. The summed E-state index contributed by atoms with van der Waals surface area (Å²) in [4.78, 5) is 14.7. The van der Waals surface area contributed by atoms with E-state index in [-0.39, 0.29) is 5.91 Å². The van der Waals surface area contributed by atoms with E-state index in [9.17, 15) is 4.79 Å². The molecule has 2 aliphatic heterocycles. The maximum Gasteiger partial charge on any atom is 0.264 e. The van der Waals surface area contributed by atoms with Crippen molar-refractivity contribution in [3.05, 3.63) is 52.5 Å². The summed E-state index contributed by atoms with van der Waals surface area (Å²) in [6.45, 7) is 4.18. The number of hydrogen-bond acceptors (Lipinski definition) is 4. The Kier molecular flexibility index (Phi) is 4.64. The number of rotatable bonds is 4. The Bertz CT molecular complexity index is 839. The molecule has 0 radical (unpaired) electrons. The molecule has 26 heavy (non-hydrogen) atoms. The largest absolute Gasteiger partial charge is 0.486 e. The van der Waals surface area contributed by atoms with E-state index in [1.807, 2.05) is 37.3 Å². The van der Waals surface area contributed by atoms with Crippen LogP contribution < -0.4 is 14.2 Å². The van der Waals surface area contributed by atoms with Gasteiger partial charge in [0.25, 0.3) is 5.91 Å². The second-order valence-corrected chi connectivity index (χ2v) is 6.83. The van der Waals surface area contributed by atoms with E-state index in [0.717, 1.165) is 28.4 Å². The van der Waals surface area contributed by atoms with Crippen molar-refractivity contribution in [3.8, 4) is 17.2 Å². The number of carbonyl (C=O) groups excluding carboxylic acids is 1. The van der Waals surface area contributed by atoms with Gasteiger partial charge in [0.15, 0.2) is 17.6 Å².